The standard InChI is InChI=1S/C16H14ClN3O/c17-14-7-5-12(6-8-14)10-20-16(21)11-19-15-4-2-1-3-13(15)9-18/h1-8,19H,10-11H2,(H,20,21). The molecule has 1 amide bonds. The number of nitrogens with zero attached hydrogens (tertiary/aromatic N) is 1. The number of hydrogen-bond donors (Lipinski definition) is 2. The average molecular weight is 300 g/mol. The Morgan fingerprint density at radius 3 is 2.57 bits per heavy atom. The normalized spacial score (nSPS) is 9.71. The van der Waals surface area contributed by atoms with Crippen molar-refractivity contribution in [2.24, 2.45) is 0 Å². The van der Waals surface area contributed by atoms with Gasteiger partial charge in [0.2, 0.25) is 5.91 Å². The predicted molar refractivity (Wildman–Crippen MR) is 82.9 cm³/mol. The molecule has 0 aliphatic carbocycles. The quantitative estimate of drug-likeness (QED) is 0.892. The molecule has 2 N–H and O–H groups in total. The van der Waals surface area contributed by atoms with E-state index in [0.717, 1.165) is 5.56 Å². The lowest BCUT2D eigenvalue weighted by Gasteiger charge is -2.09. The molecule has 0 spiro atoms. The molecule has 106 valence electrons. The monoisotopic (exact) mass is 299 g/mol. The van der Waals surface area contributed by atoms with E-state index in [2.05, 4.69) is 16.7 Å². The van der Waals surface area contributed by atoms with Gasteiger partial charge in [-0.1, -0.05) is 35.9 Å². The Labute approximate surface area is 128 Å². The molecule has 0 aromatic heterocycles. The van der Waals surface area contributed by atoms with Crippen molar-refractivity contribution < 1.29 is 4.79 Å². The molecule has 2 aromatic carbocycles. The Balaban J connectivity index is 1.82. The molecule has 4 nitrogen and oxygen atoms in total. The van der Waals surface area contributed by atoms with Gasteiger partial charge in [0.1, 0.15) is 6.07 Å². The number of anilines is 1. The molecule has 0 aliphatic heterocycles. The minimum atomic E-state index is -0.141. The number of nitriles is 1. The van der Waals surface area contributed by atoms with Gasteiger partial charge in [0.05, 0.1) is 17.8 Å². The van der Waals surface area contributed by atoms with E-state index in [1.165, 1.54) is 0 Å². The van der Waals surface area contributed by atoms with Crippen LogP contribution >= 0.6 is 11.6 Å². The third-order valence-electron chi connectivity index (χ3n) is 2.89. The molecular formula is C16H14ClN3O. The fourth-order valence-electron chi connectivity index (χ4n) is 1.78. The number of nitrogens with one attached hydrogen (secondary N) is 2. The number of carbonyl (C=O) groups is 1. The van der Waals surface area contributed by atoms with Gasteiger partial charge in [0, 0.05) is 11.6 Å². The Hall–Kier alpha value is -2.51. The summed E-state index contributed by atoms with van der Waals surface area (Å²) < 4.78 is 0. The summed E-state index contributed by atoms with van der Waals surface area (Å²) in [4.78, 5) is 11.8. The Morgan fingerprint density at radius 1 is 1.14 bits per heavy atom. The maximum atomic E-state index is 11.8. The van der Waals surface area contributed by atoms with Gasteiger partial charge in [0.15, 0.2) is 0 Å². The van der Waals surface area contributed by atoms with Gasteiger partial charge in [-0.3, -0.25) is 4.79 Å². The molecule has 0 heterocycles. The van der Waals surface area contributed by atoms with Crippen LogP contribution in [0.3, 0.4) is 0 Å². The first-order chi connectivity index (χ1) is 10.2. The third kappa shape index (κ3) is 4.51. The van der Waals surface area contributed by atoms with E-state index in [4.69, 9.17) is 16.9 Å². The summed E-state index contributed by atoms with van der Waals surface area (Å²) in [5, 5.41) is 15.4. The zero-order valence-electron chi connectivity index (χ0n) is 11.3. The van der Waals surface area contributed by atoms with Crippen LogP contribution < -0.4 is 10.6 Å². The summed E-state index contributed by atoms with van der Waals surface area (Å²) in [6.07, 6.45) is 0. The van der Waals surface area contributed by atoms with Gasteiger partial charge in [-0.05, 0) is 29.8 Å². The van der Waals surface area contributed by atoms with Crippen molar-refractivity contribution in [2.45, 2.75) is 6.54 Å². The van der Waals surface area contributed by atoms with Crippen molar-refractivity contribution in [1.29, 1.82) is 5.26 Å². The second-order valence-electron chi connectivity index (χ2n) is 4.41. The number of amides is 1. The van der Waals surface area contributed by atoms with Crippen LogP contribution in [0.1, 0.15) is 11.1 Å². The molecule has 21 heavy (non-hydrogen) atoms. The molecule has 2 rings (SSSR count). The van der Waals surface area contributed by atoms with Gasteiger partial charge in [0.25, 0.3) is 0 Å². The van der Waals surface area contributed by atoms with E-state index < -0.39 is 0 Å². The number of para-hydroxylation sites is 1. The highest BCUT2D eigenvalue weighted by molar-refractivity contribution is 6.30. The summed E-state index contributed by atoms with van der Waals surface area (Å²) in [7, 11) is 0. The van der Waals surface area contributed by atoms with E-state index >= 15 is 0 Å². The van der Waals surface area contributed by atoms with Crippen LogP contribution in [-0.2, 0) is 11.3 Å². The highest BCUT2D eigenvalue weighted by Gasteiger charge is 2.04. The van der Waals surface area contributed by atoms with E-state index in [-0.39, 0.29) is 12.5 Å². The molecule has 5 heteroatoms. The predicted octanol–water partition coefficient (Wildman–Crippen LogP) is 2.94. The van der Waals surface area contributed by atoms with Crippen LogP contribution in [0.2, 0.25) is 5.02 Å². The molecule has 0 saturated heterocycles. The van der Waals surface area contributed by atoms with Gasteiger partial charge in [-0.25, -0.2) is 0 Å². The van der Waals surface area contributed by atoms with E-state index in [0.29, 0.717) is 22.8 Å². The van der Waals surface area contributed by atoms with Crippen LogP contribution in [0.5, 0.6) is 0 Å². The van der Waals surface area contributed by atoms with Crippen LogP contribution in [0.15, 0.2) is 48.5 Å². The lowest BCUT2D eigenvalue weighted by Crippen LogP contribution is -2.29. The molecule has 2 aromatic rings. The van der Waals surface area contributed by atoms with Crippen molar-refractivity contribution in [3.05, 3.63) is 64.7 Å². The molecular weight excluding hydrogens is 286 g/mol. The maximum Gasteiger partial charge on any atom is 0.239 e. The second kappa shape index (κ2) is 7.32. The van der Waals surface area contributed by atoms with E-state index in [1.54, 1.807) is 30.3 Å². The Kier molecular flexibility index (Phi) is 5.19. The number of rotatable bonds is 5. The molecule has 0 saturated carbocycles. The third-order valence-corrected chi connectivity index (χ3v) is 3.14. The van der Waals surface area contributed by atoms with Crippen molar-refractivity contribution >= 4 is 23.2 Å². The topological polar surface area (TPSA) is 64.9 Å². The van der Waals surface area contributed by atoms with Crippen molar-refractivity contribution in [1.82, 2.24) is 5.32 Å². The van der Waals surface area contributed by atoms with Crippen molar-refractivity contribution in [3.63, 3.8) is 0 Å². The summed E-state index contributed by atoms with van der Waals surface area (Å²) in [5.74, 6) is -0.141. The van der Waals surface area contributed by atoms with Gasteiger partial charge in [-0.2, -0.15) is 5.26 Å². The smallest absolute Gasteiger partial charge is 0.239 e. The fraction of sp³-hybridized carbons (Fsp3) is 0.125. The van der Waals surface area contributed by atoms with Gasteiger partial charge in [-0.15, -0.1) is 0 Å². The summed E-state index contributed by atoms with van der Waals surface area (Å²) >= 11 is 5.80. The minimum Gasteiger partial charge on any atom is -0.375 e. The molecule has 0 bridgehead atoms. The summed E-state index contributed by atoms with van der Waals surface area (Å²) in [6, 6.07) is 16.4. The summed E-state index contributed by atoms with van der Waals surface area (Å²) in [6.45, 7) is 0.559. The highest BCUT2D eigenvalue weighted by Crippen LogP contribution is 2.13. The molecule has 0 fully saturated rings. The zero-order chi connectivity index (χ0) is 15.1. The average Bonchev–Trinajstić information content (AvgIpc) is 2.52. The zero-order valence-corrected chi connectivity index (χ0v) is 12.0. The molecule has 0 unspecified atom stereocenters. The summed E-state index contributed by atoms with van der Waals surface area (Å²) in [5.41, 5.74) is 2.15. The first-order valence-electron chi connectivity index (χ1n) is 6.43. The van der Waals surface area contributed by atoms with Crippen LogP contribution in [0.25, 0.3) is 0 Å². The first kappa shape index (κ1) is 14.9. The van der Waals surface area contributed by atoms with Crippen LogP contribution in [0.4, 0.5) is 5.69 Å². The van der Waals surface area contributed by atoms with Gasteiger partial charge < -0.3 is 10.6 Å². The second-order valence-corrected chi connectivity index (χ2v) is 4.85. The van der Waals surface area contributed by atoms with Crippen molar-refractivity contribution in [2.75, 3.05) is 11.9 Å². The molecule has 0 aliphatic rings. The number of carbonyl (C=O) groups excluding carboxylic acids is 1. The lowest BCUT2D eigenvalue weighted by molar-refractivity contribution is -0.119. The van der Waals surface area contributed by atoms with Crippen molar-refractivity contribution in [3.8, 4) is 6.07 Å². The minimum absolute atomic E-state index is 0.117. The highest BCUT2D eigenvalue weighted by atomic mass is 35.5. The fourth-order valence-corrected chi connectivity index (χ4v) is 1.90. The first-order valence-corrected chi connectivity index (χ1v) is 6.81. The van der Waals surface area contributed by atoms with E-state index in [1.807, 2.05) is 18.2 Å². The Morgan fingerprint density at radius 2 is 1.86 bits per heavy atom. The SMILES string of the molecule is N#Cc1ccccc1NCC(=O)NCc1ccc(Cl)cc1. The van der Waals surface area contributed by atoms with Crippen LogP contribution in [-0.4, -0.2) is 12.5 Å². The lowest BCUT2D eigenvalue weighted by atomic mass is 10.2. The largest absolute Gasteiger partial charge is 0.375 e. The number of hydrogen-bond acceptors (Lipinski definition) is 3. The molecule has 0 atom stereocenters. The number of halogens is 1. The van der Waals surface area contributed by atoms with Crippen LogP contribution in [0, 0.1) is 11.3 Å². The van der Waals surface area contributed by atoms with Gasteiger partial charge >= 0.3 is 0 Å². The maximum absolute atomic E-state index is 11.8. The van der Waals surface area contributed by atoms with E-state index in [9.17, 15) is 4.79 Å². The number of benzene rings is 2. The molecule has 0 radical (unpaired) electrons. The Bertz CT molecular complexity index is 662.